The molecule has 2 aromatic rings. The van der Waals surface area contributed by atoms with Gasteiger partial charge in [0.15, 0.2) is 0 Å². The molecular formula is C22H25N3O4. The van der Waals surface area contributed by atoms with Gasteiger partial charge >= 0.3 is 5.97 Å². The highest BCUT2D eigenvalue weighted by Crippen LogP contribution is 2.45. The lowest BCUT2D eigenvalue weighted by molar-refractivity contribution is -0.148. The number of aromatic amines is 1. The number of carboxylic acids is 1. The summed E-state index contributed by atoms with van der Waals surface area (Å²) >= 11 is 0. The SMILES string of the molecule is O=C(O)C1CC2(CCN(C(=O)c3cc4ccccc4[nH]3)CC2)CN1C(=O)C1CC1. The normalized spacial score (nSPS) is 23.7. The summed E-state index contributed by atoms with van der Waals surface area (Å²) in [5.74, 6) is -0.899. The molecule has 7 heteroatoms. The number of benzene rings is 1. The van der Waals surface area contributed by atoms with E-state index in [2.05, 4.69) is 4.98 Å². The molecule has 3 heterocycles. The smallest absolute Gasteiger partial charge is 0.326 e. The van der Waals surface area contributed by atoms with Gasteiger partial charge in [0.2, 0.25) is 5.91 Å². The van der Waals surface area contributed by atoms with Crippen molar-refractivity contribution in [3.63, 3.8) is 0 Å². The van der Waals surface area contributed by atoms with Crippen molar-refractivity contribution in [3.05, 3.63) is 36.0 Å². The summed E-state index contributed by atoms with van der Waals surface area (Å²) in [6, 6.07) is 8.97. The third kappa shape index (κ3) is 3.18. The van der Waals surface area contributed by atoms with Gasteiger partial charge in [0.1, 0.15) is 11.7 Å². The van der Waals surface area contributed by atoms with Crippen molar-refractivity contribution in [2.45, 2.75) is 38.1 Å². The average Bonchev–Trinajstić information content (AvgIpc) is 3.37. The molecule has 1 aliphatic carbocycles. The van der Waals surface area contributed by atoms with Crippen LogP contribution >= 0.6 is 0 Å². The predicted octanol–water partition coefficient (Wildman–Crippen LogP) is 2.49. The van der Waals surface area contributed by atoms with Crippen molar-refractivity contribution in [1.29, 1.82) is 0 Å². The number of hydrogen-bond acceptors (Lipinski definition) is 3. The number of rotatable bonds is 3. The number of likely N-dealkylation sites (tertiary alicyclic amines) is 2. The van der Waals surface area contributed by atoms with E-state index in [0.717, 1.165) is 36.6 Å². The molecule has 1 unspecified atom stereocenters. The maximum atomic E-state index is 13.0. The second kappa shape index (κ2) is 6.61. The van der Waals surface area contributed by atoms with Crippen LogP contribution in [0.25, 0.3) is 10.9 Å². The fraction of sp³-hybridized carbons (Fsp3) is 0.500. The molecule has 2 amide bonds. The van der Waals surface area contributed by atoms with Crippen LogP contribution in [0.1, 0.15) is 42.6 Å². The van der Waals surface area contributed by atoms with Crippen LogP contribution in [-0.2, 0) is 9.59 Å². The van der Waals surface area contributed by atoms with E-state index in [1.165, 1.54) is 0 Å². The van der Waals surface area contributed by atoms with Gasteiger partial charge in [-0.3, -0.25) is 9.59 Å². The van der Waals surface area contributed by atoms with Crippen LogP contribution in [0.4, 0.5) is 0 Å². The van der Waals surface area contributed by atoms with E-state index in [1.807, 2.05) is 35.2 Å². The quantitative estimate of drug-likeness (QED) is 0.835. The van der Waals surface area contributed by atoms with E-state index in [-0.39, 0.29) is 23.1 Å². The van der Waals surface area contributed by atoms with Gasteiger partial charge in [0.25, 0.3) is 5.91 Å². The first-order chi connectivity index (χ1) is 14.0. The Morgan fingerprint density at radius 2 is 1.83 bits per heavy atom. The van der Waals surface area contributed by atoms with Gasteiger partial charge in [-0.25, -0.2) is 4.79 Å². The van der Waals surface area contributed by atoms with Crippen molar-refractivity contribution in [2.24, 2.45) is 11.3 Å². The Morgan fingerprint density at radius 3 is 2.48 bits per heavy atom. The summed E-state index contributed by atoms with van der Waals surface area (Å²) in [4.78, 5) is 43.9. The molecule has 0 radical (unpaired) electrons. The lowest BCUT2D eigenvalue weighted by atomic mass is 9.76. The van der Waals surface area contributed by atoms with E-state index < -0.39 is 12.0 Å². The largest absolute Gasteiger partial charge is 0.480 e. The fourth-order valence-electron chi connectivity index (χ4n) is 4.98. The minimum Gasteiger partial charge on any atom is -0.480 e. The second-order valence-corrected chi connectivity index (χ2v) is 8.86. The molecule has 1 aromatic carbocycles. The van der Waals surface area contributed by atoms with Gasteiger partial charge in [-0.1, -0.05) is 18.2 Å². The molecule has 2 saturated heterocycles. The first-order valence-corrected chi connectivity index (χ1v) is 10.4. The Labute approximate surface area is 168 Å². The van der Waals surface area contributed by atoms with E-state index in [9.17, 15) is 19.5 Å². The summed E-state index contributed by atoms with van der Waals surface area (Å²) in [6.07, 6.45) is 3.71. The summed E-state index contributed by atoms with van der Waals surface area (Å²) in [6.45, 7) is 1.69. The van der Waals surface area contributed by atoms with Gasteiger partial charge in [0, 0.05) is 36.5 Å². The van der Waals surface area contributed by atoms with Crippen LogP contribution < -0.4 is 0 Å². The number of carbonyl (C=O) groups is 3. The molecule has 3 fully saturated rings. The first-order valence-electron chi connectivity index (χ1n) is 10.4. The highest BCUT2D eigenvalue weighted by Gasteiger charge is 2.52. The van der Waals surface area contributed by atoms with Crippen molar-refractivity contribution in [2.75, 3.05) is 19.6 Å². The molecule has 5 rings (SSSR count). The predicted molar refractivity (Wildman–Crippen MR) is 106 cm³/mol. The molecule has 29 heavy (non-hydrogen) atoms. The number of carboxylic acid groups (broad SMARTS) is 1. The van der Waals surface area contributed by atoms with E-state index in [1.54, 1.807) is 4.90 Å². The number of nitrogens with one attached hydrogen (secondary N) is 1. The van der Waals surface area contributed by atoms with Gasteiger partial charge in [-0.05, 0) is 49.7 Å². The topological polar surface area (TPSA) is 93.7 Å². The van der Waals surface area contributed by atoms with Crippen LogP contribution in [0.3, 0.4) is 0 Å². The summed E-state index contributed by atoms with van der Waals surface area (Å²) < 4.78 is 0. The Bertz CT molecular complexity index is 952. The monoisotopic (exact) mass is 395 g/mol. The number of H-pyrrole nitrogens is 1. The van der Waals surface area contributed by atoms with Crippen LogP contribution in [0.5, 0.6) is 0 Å². The molecule has 1 spiro atoms. The van der Waals surface area contributed by atoms with E-state index >= 15 is 0 Å². The molecule has 1 saturated carbocycles. The lowest BCUT2D eigenvalue weighted by Crippen LogP contribution is -2.45. The summed E-state index contributed by atoms with van der Waals surface area (Å²) in [5, 5.41) is 10.7. The van der Waals surface area contributed by atoms with E-state index in [4.69, 9.17) is 0 Å². The van der Waals surface area contributed by atoms with Gasteiger partial charge in [0.05, 0.1) is 0 Å². The van der Waals surface area contributed by atoms with Crippen LogP contribution in [0, 0.1) is 11.3 Å². The van der Waals surface area contributed by atoms with Gasteiger partial charge in [-0.15, -0.1) is 0 Å². The Morgan fingerprint density at radius 1 is 1.10 bits per heavy atom. The standard InChI is InChI=1S/C22H25N3O4/c26-19(14-5-6-14)25-13-22(12-18(25)21(28)29)7-9-24(10-8-22)20(27)17-11-15-3-1-2-4-16(15)23-17/h1-4,11,14,18,23H,5-10,12-13H2,(H,28,29). The molecule has 3 aliphatic rings. The summed E-state index contributed by atoms with van der Waals surface area (Å²) in [5.41, 5.74) is 1.34. The maximum absolute atomic E-state index is 13.0. The third-order valence-electron chi connectivity index (χ3n) is 6.87. The minimum atomic E-state index is -0.910. The number of aromatic nitrogens is 1. The molecular weight excluding hydrogens is 370 g/mol. The zero-order valence-corrected chi connectivity index (χ0v) is 16.3. The third-order valence-corrected chi connectivity index (χ3v) is 6.87. The van der Waals surface area contributed by atoms with Crippen molar-refractivity contribution in [1.82, 2.24) is 14.8 Å². The molecule has 2 N–H and O–H groups in total. The maximum Gasteiger partial charge on any atom is 0.326 e. The number of para-hydroxylation sites is 1. The van der Waals surface area contributed by atoms with Crippen molar-refractivity contribution < 1.29 is 19.5 Å². The zero-order chi connectivity index (χ0) is 20.2. The average molecular weight is 395 g/mol. The van der Waals surface area contributed by atoms with Crippen LogP contribution in [0.2, 0.25) is 0 Å². The number of carbonyl (C=O) groups excluding carboxylic acids is 2. The van der Waals surface area contributed by atoms with Gasteiger partial charge in [-0.2, -0.15) is 0 Å². The molecule has 7 nitrogen and oxygen atoms in total. The Hall–Kier alpha value is -2.83. The first kappa shape index (κ1) is 18.2. The number of piperidine rings is 1. The number of hydrogen-bond donors (Lipinski definition) is 2. The second-order valence-electron chi connectivity index (χ2n) is 8.86. The van der Waals surface area contributed by atoms with Gasteiger partial charge < -0.3 is 19.9 Å². The van der Waals surface area contributed by atoms with Crippen molar-refractivity contribution >= 4 is 28.7 Å². The number of amides is 2. The van der Waals surface area contributed by atoms with E-state index in [0.29, 0.717) is 31.7 Å². The Balaban J connectivity index is 1.28. The lowest BCUT2D eigenvalue weighted by Gasteiger charge is -2.39. The van der Waals surface area contributed by atoms with Crippen LogP contribution in [-0.4, -0.2) is 63.4 Å². The highest BCUT2D eigenvalue weighted by molar-refractivity contribution is 5.98. The molecule has 1 atom stereocenters. The van der Waals surface area contributed by atoms with Crippen molar-refractivity contribution in [3.8, 4) is 0 Å². The van der Waals surface area contributed by atoms with Crippen LogP contribution in [0.15, 0.2) is 30.3 Å². The highest BCUT2D eigenvalue weighted by atomic mass is 16.4. The number of nitrogens with zero attached hydrogens (tertiary/aromatic N) is 2. The number of fused-ring (bicyclic) bond motifs is 1. The molecule has 152 valence electrons. The minimum absolute atomic E-state index is 0.00542. The molecule has 2 aliphatic heterocycles. The zero-order valence-electron chi connectivity index (χ0n) is 16.3. The fourth-order valence-corrected chi connectivity index (χ4v) is 4.98. The Kier molecular flexibility index (Phi) is 4.15. The number of aliphatic carboxylic acids is 1. The molecule has 1 aromatic heterocycles. The summed E-state index contributed by atoms with van der Waals surface area (Å²) in [7, 11) is 0. The molecule has 0 bridgehead atoms.